The van der Waals surface area contributed by atoms with Crippen molar-refractivity contribution in [3.8, 4) is 0 Å². The fourth-order valence-corrected chi connectivity index (χ4v) is 2.24. The predicted molar refractivity (Wildman–Crippen MR) is 62.5 cm³/mol. The fraction of sp³-hybridized carbons (Fsp3) is 0.692. The Morgan fingerprint density at radius 2 is 2.07 bits per heavy atom. The zero-order chi connectivity index (χ0) is 11.7. The second-order valence-corrected chi connectivity index (χ2v) is 5.34. The van der Waals surface area contributed by atoms with Gasteiger partial charge in [-0.05, 0) is 37.7 Å². The molecule has 1 aliphatic carbocycles. The first kappa shape index (κ1) is 12.5. The van der Waals surface area contributed by atoms with Gasteiger partial charge in [0.05, 0.1) is 6.10 Å². The Bertz CT molecular complexity index is 283. The highest BCUT2D eigenvalue weighted by atomic mass is 16.3. The van der Waals surface area contributed by atoms with Crippen molar-refractivity contribution in [1.82, 2.24) is 0 Å². The molecule has 15 heavy (non-hydrogen) atoms. The average Bonchev–Trinajstić information content (AvgIpc) is 1.99. The number of hydrogen-bond donors (Lipinski definition) is 2. The van der Waals surface area contributed by atoms with Gasteiger partial charge in [0.1, 0.15) is 5.60 Å². The molecule has 2 nitrogen and oxygen atoms in total. The summed E-state index contributed by atoms with van der Waals surface area (Å²) in [7, 11) is 0. The molecule has 2 heteroatoms. The zero-order valence-electron chi connectivity index (χ0n) is 10.1. The van der Waals surface area contributed by atoms with Crippen molar-refractivity contribution in [3.63, 3.8) is 0 Å². The van der Waals surface area contributed by atoms with E-state index in [4.69, 9.17) is 0 Å². The van der Waals surface area contributed by atoms with Crippen LogP contribution in [0.15, 0.2) is 23.8 Å². The normalized spacial score (nSPS) is 34.4. The molecule has 0 fully saturated rings. The van der Waals surface area contributed by atoms with Crippen LogP contribution in [-0.2, 0) is 0 Å². The molecule has 0 aromatic rings. The molecule has 86 valence electrons. The van der Waals surface area contributed by atoms with E-state index in [-0.39, 0.29) is 11.5 Å². The lowest BCUT2D eigenvalue weighted by atomic mass is 9.69. The summed E-state index contributed by atoms with van der Waals surface area (Å²) in [5, 5.41) is 19.5. The molecular formula is C13H22O2. The van der Waals surface area contributed by atoms with Crippen LogP contribution in [0, 0.1) is 5.41 Å². The van der Waals surface area contributed by atoms with Gasteiger partial charge in [0.25, 0.3) is 0 Å². The first-order valence-electron chi connectivity index (χ1n) is 5.55. The first-order chi connectivity index (χ1) is 6.76. The van der Waals surface area contributed by atoms with E-state index in [9.17, 15) is 10.2 Å². The molecule has 0 bridgehead atoms. The predicted octanol–water partition coefficient (Wildman–Crippen LogP) is 2.42. The standard InChI is InChI=1S/C13H22O2/c1-10(14)6-7-11-12(2,3)8-5-9-13(11,4)15/h5,7,9-10,14-15H,6,8H2,1-4H3/b11-7-/t10-,13+/m0/s1. The molecule has 0 aliphatic heterocycles. The van der Waals surface area contributed by atoms with Crippen LogP contribution in [0.2, 0.25) is 0 Å². The van der Waals surface area contributed by atoms with Gasteiger partial charge in [0, 0.05) is 0 Å². The van der Waals surface area contributed by atoms with Crippen molar-refractivity contribution in [2.75, 3.05) is 0 Å². The third kappa shape index (κ3) is 2.93. The molecule has 0 saturated carbocycles. The Kier molecular flexibility index (Phi) is 3.41. The Morgan fingerprint density at radius 1 is 1.47 bits per heavy atom. The van der Waals surface area contributed by atoms with Gasteiger partial charge >= 0.3 is 0 Å². The number of aliphatic hydroxyl groups excluding tert-OH is 1. The van der Waals surface area contributed by atoms with Crippen LogP contribution >= 0.6 is 0 Å². The van der Waals surface area contributed by atoms with Gasteiger partial charge < -0.3 is 10.2 Å². The van der Waals surface area contributed by atoms with Gasteiger partial charge in [-0.3, -0.25) is 0 Å². The van der Waals surface area contributed by atoms with E-state index in [2.05, 4.69) is 13.8 Å². The quantitative estimate of drug-likeness (QED) is 0.687. The Hall–Kier alpha value is -0.600. The van der Waals surface area contributed by atoms with E-state index in [1.807, 2.05) is 18.2 Å². The van der Waals surface area contributed by atoms with Gasteiger partial charge in [-0.15, -0.1) is 0 Å². The highest BCUT2D eigenvalue weighted by Crippen LogP contribution is 2.42. The molecule has 0 aromatic carbocycles. The SMILES string of the molecule is C[C@H](O)C/C=C1/C(C)(C)CC=C[C@@]1(C)O. The molecule has 1 aliphatic rings. The third-order valence-corrected chi connectivity index (χ3v) is 3.01. The summed E-state index contributed by atoms with van der Waals surface area (Å²) in [6.07, 6.45) is 7.03. The molecule has 0 amide bonds. The second-order valence-electron chi connectivity index (χ2n) is 5.34. The fourth-order valence-electron chi connectivity index (χ4n) is 2.24. The van der Waals surface area contributed by atoms with E-state index in [1.54, 1.807) is 13.8 Å². The number of rotatable bonds is 2. The lowest BCUT2D eigenvalue weighted by Crippen LogP contribution is -2.36. The van der Waals surface area contributed by atoms with E-state index in [1.165, 1.54) is 0 Å². The molecule has 1 rings (SSSR count). The van der Waals surface area contributed by atoms with Crippen LogP contribution in [0.25, 0.3) is 0 Å². The van der Waals surface area contributed by atoms with Gasteiger partial charge in [0.15, 0.2) is 0 Å². The zero-order valence-corrected chi connectivity index (χ0v) is 10.1. The highest BCUT2D eigenvalue weighted by molar-refractivity contribution is 5.33. The van der Waals surface area contributed by atoms with Crippen LogP contribution in [0.5, 0.6) is 0 Å². The molecule has 0 radical (unpaired) electrons. The van der Waals surface area contributed by atoms with E-state index < -0.39 is 5.60 Å². The Morgan fingerprint density at radius 3 is 2.53 bits per heavy atom. The molecule has 2 atom stereocenters. The smallest absolute Gasteiger partial charge is 0.101 e. The monoisotopic (exact) mass is 210 g/mol. The van der Waals surface area contributed by atoms with Gasteiger partial charge in [0.2, 0.25) is 0 Å². The lowest BCUT2D eigenvalue weighted by Gasteiger charge is -2.39. The van der Waals surface area contributed by atoms with E-state index in [0.717, 1.165) is 12.0 Å². The summed E-state index contributed by atoms with van der Waals surface area (Å²) < 4.78 is 0. The summed E-state index contributed by atoms with van der Waals surface area (Å²) in [5.74, 6) is 0. The van der Waals surface area contributed by atoms with Crippen LogP contribution < -0.4 is 0 Å². The minimum absolute atomic E-state index is 0.0207. The van der Waals surface area contributed by atoms with Crippen molar-refractivity contribution in [2.45, 2.75) is 52.2 Å². The van der Waals surface area contributed by atoms with Crippen molar-refractivity contribution >= 4 is 0 Å². The Balaban J connectivity index is 2.99. The van der Waals surface area contributed by atoms with Crippen molar-refractivity contribution in [3.05, 3.63) is 23.8 Å². The van der Waals surface area contributed by atoms with Crippen LogP contribution in [0.4, 0.5) is 0 Å². The highest BCUT2D eigenvalue weighted by Gasteiger charge is 2.36. The number of aliphatic hydroxyl groups is 2. The third-order valence-electron chi connectivity index (χ3n) is 3.01. The van der Waals surface area contributed by atoms with Crippen LogP contribution in [0.3, 0.4) is 0 Å². The molecule has 0 spiro atoms. The maximum atomic E-state index is 10.2. The van der Waals surface area contributed by atoms with Crippen molar-refractivity contribution in [1.29, 1.82) is 0 Å². The van der Waals surface area contributed by atoms with Gasteiger partial charge in [-0.2, -0.15) is 0 Å². The van der Waals surface area contributed by atoms with Crippen molar-refractivity contribution in [2.24, 2.45) is 5.41 Å². The van der Waals surface area contributed by atoms with Crippen LogP contribution in [0.1, 0.15) is 40.5 Å². The summed E-state index contributed by atoms with van der Waals surface area (Å²) in [5.41, 5.74) is 0.127. The number of hydrogen-bond acceptors (Lipinski definition) is 2. The summed E-state index contributed by atoms with van der Waals surface area (Å²) in [6.45, 7) is 7.81. The van der Waals surface area contributed by atoms with Crippen molar-refractivity contribution < 1.29 is 10.2 Å². The maximum Gasteiger partial charge on any atom is 0.101 e. The molecular weight excluding hydrogens is 188 g/mol. The maximum absolute atomic E-state index is 10.2. The minimum Gasteiger partial charge on any atom is -0.393 e. The Labute approximate surface area is 92.3 Å². The first-order valence-corrected chi connectivity index (χ1v) is 5.55. The summed E-state index contributed by atoms with van der Waals surface area (Å²) in [4.78, 5) is 0. The van der Waals surface area contributed by atoms with E-state index >= 15 is 0 Å². The molecule has 2 N–H and O–H groups in total. The lowest BCUT2D eigenvalue weighted by molar-refractivity contribution is 0.115. The number of allylic oxidation sites excluding steroid dienone is 1. The van der Waals surface area contributed by atoms with E-state index in [0.29, 0.717) is 6.42 Å². The molecule has 0 aromatic heterocycles. The summed E-state index contributed by atoms with van der Waals surface area (Å²) in [6, 6.07) is 0. The largest absolute Gasteiger partial charge is 0.393 e. The molecule has 0 unspecified atom stereocenters. The van der Waals surface area contributed by atoms with Gasteiger partial charge in [-0.1, -0.05) is 32.1 Å². The minimum atomic E-state index is -0.864. The molecule has 0 saturated heterocycles. The van der Waals surface area contributed by atoms with Gasteiger partial charge in [-0.25, -0.2) is 0 Å². The van der Waals surface area contributed by atoms with Crippen LogP contribution in [-0.4, -0.2) is 21.9 Å². The summed E-state index contributed by atoms with van der Waals surface area (Å²) >= 11 is 0. The topological polar surface area (TPSA) is 40.5 Å². The average molecular weight is 210 g/mol. The molecule has 0 heterocycles. The second kappa shape index (κ2) is 4.11.